The van der Waals surface area contributed by atoms with E-state index in [2.05, 4.69) is 21.3 Å². The molecule has 0 bridgehead atoms. The van der Waals surface area contributed by atoms with Crippen LogP contribution in [-0.4, -0.2) is 45.1 Å². The lowest BCUT2D eigenvalue weighted by Crippen LogP contribution is -2.52. The first kappa shape index (κ1) is 17.2. The maximum Gasteiger partial charge on any atom is 0.158 e. The highest BCUT2D eigenvalue weighted by Crippen LogP contribution is 2.29. The predicted octanol–water partition coefficient (Wildman–Crippen LogP) is 1.87. The van der Waals surface area contributed by atoms with Gasteiger partial charge in [-0.3, -0.25) is 11.1 Å². The number of rotatable bonds is 4. The van der Waals surface area contributed by atoms with Gasteiger partial charge in [0, 0.05) is 48.0 Å². The molecule has 7 nitrogen and oxygen atoms in total. The van der Waals surface area contributed by atoms with Crippen LogP contribution in [0, 0.1) is 0 Å². The van der Waals surface area contributed by atoms with Gasteiger partial charge < -0.3 is 14.6 Å². The molecule has 2 atom stereocenters. The lowest BCUT2D eigenvalue weighted by Gasteiger charge is -2.35. The zero-order valence-corrected chi connectivity index (χ0v) is 15.0. The SMILES string of the molecule is NC(O)NC1CCCN(c2cc(-n3ccnc3)c3ccc(Cl)cc3n2)C1. The number of pyridine rings is 1. The second-order valence-electron chi connectivity index (χ2n) is 6.53. The van der Waals surface area contributed by atoms with Crippen LogP contribution in [-0.2, 0) is 0 Å². The van der Waals surface area contributed by atoms with Crippen molar-refractivity contribution >= 4 is 28.3 Å². The van der Waals surface area contributed by atoms with Crippen molar-refractivity contribution in [2.75, 3.05) is 18.0 Å². The number of aliphatic hydroxyl groups excluding tert-OH is 1. The second-order valence-corrected chi connectivity index (χ2v) is 6.96. The molecule has 0 amide bonds. The monoisotopic (exact) mass is 372 g/mol. The standard InChI is InChI=1S/C18H21ClN6O/c19-12-3-4-14-15(8-12)23-17(9-16(14)25-7-5-21-11-25)24-6-1-2-13(10-24)22-18(20)26/h3-5,7-9,11,13,18,22,26H,1-2,6,10,20H2. The number of halogens is 1. The van der Waals surface area contributed by atoms with Gasteiger partial charge in [-0.2, -0.15) is 0 Å². The van der Waals surface area contributed by atoms with Crippen molar-refractivity contribution in [2.24, 2.45) is 5.73 Å². The summed E-state index contributed by atoms with van der Waals surface area (Å²) in [6.07, 6.45) is 6.41. The summed E-state index contributed by atoms with van der Waals surface area (Å²) in [6, 6.07) is 7.92. The molecule has 1 aliphatic rings. The van der Waals surface area contributed by atoms with E-state index < -0.39 is 6.35 Å². The van der Waals surface area contributed by atoms with E-state index in [0.717, 1.165) is 48.3 Å². The quantitative estimate of drug-likeness (QED) is 0.605. The molecular weight excluding hydrogens is 352 g/mol. The Balaban J connectivity index is 1.75. The number of hydrogen-bond acceptors (Lipinski definition) is 6. The van der Waals surface area contributed by atoms with Gasteiger partial charge in [0.25, 0.3) is 0 Å². The van der Waals surface area contributed by atoms with Crippen LogP contribution in [0.5, 0.6) is 0 Å². The van der Waals surface area contributed by atoms with E-state index in [1.165, 1.54) is 0 Å². The number of anilines is 1. The van der Waals surface area contributed by atoms with Crippen LogP contribution >= 0.6 is 11.6 Å². The lowest BCUT2D eigenvalue weighted by molar-refractivity contribution is 0.124. The summed E-state index contributed by atoms with van der Waals surface area (Å²) in [6.45, 7) is 1.64. The Hall–Kier alpha value is -2.19. The van der Waals surface area contributed by atoms with Crippen LogP contribution in [0.25, 0.3) is 16.6 Å². The molecule has 0 radical (unpaired) electrons. The summed E-state index contributed by atoms with van der Waals surface area (Å²) in [4.78, 5) is 11.2. The van der Waals surface area contributed by atoms with Crippen LogP contribution in [0.3, 0.4) is 0 Å². The Bertz CT molecular complexity index is 898. The zero-order chi connectivity index (χ0) is 18.1. The third kappa shape index (κ3) is 3.52. The van der Waals surface area contributed by atoms with Crippen LogP contribution in [0.4, 0.5) is 5.82 Å². The number of nitrogens with one attached hydrogen (secondary N) is 1. The number of nitrogens with two attached hydrogens (primary N) is 1. The summed E-state index contributed by atoms with van der Waals surface area (Å²) >= 11 is 6.19. The molecule has 4 N–H and O–H groups in total. The van der Waals surface area contributed by atoms with Crippen molar-refractivity contribution in [3.05, 3.63) is 48.0 Å². The number of imidazole rings is 1. The fourth-order valence-electron chi connectivity index (χ4n) is 3.51. The van der Waals surface area contributed by atoms with E-state index >= 15 is 0 Å². The van der Waals surface area contributed by atoms with Crippen molar-refractivity contribution in [1.29, 1.82) is 0 Å². The maximum absolute atomic E-state index is 9.41. The third-order valence-electron chi connectivity index (χ3n) is 4.67. The normalized spacial score (nSPS) is 19.0. The largest absolute Gasteiger partial charge is 0.366 e. The van der Waals surface area contributed by atoms with Crippen molar-refractivity contribution < 1.29 is 5.11 Å². The number of aromatic nitrogens is 3. The molecule has 8 heteroatoms. The molecular formula is C18H21ClN6O. The Morgan fingerprint density at radius 3 is 3.00 bits per heavy atom. The fourth-order valence-corrected chi connectivity index (χ4v) is 3.68. The van der Waals surface area contributed by atoms with E-state index in [-0.39, 0.29) is 6.04 Å². The van der Waals surface area contributed by atoms with Crippen molar-refractivity contribution in [3.8, 4) is 5.69 Å². The third-order valence-corrected chi connectivity index (χ3v) is 4.91. The number of aliphatic hydroxyl groups is 1. The Morgan fingerprint density at radius 1 is 1.35 bits per heavy atom. The molecule has 0 spiro atoms. The highest BCUT2D eigenvalue weighted by atomic mass is 35.5. The average molecular weight is 373 g/mol. The molecule has 3 heterocycles. The number of hydrogen-bond donors (Lipinski definition) is 3. The van der Waals surface area contributed by atoms with Crippen LogP contribution < -0.4 is 16.0 Å². The van der Waals surface area contributed by atoms with Crippen LogP contribution in [0.1, 0.15) is 12.8 Å². The molecule has 0 saturated carbocycles. The van der Waals surface area contributed by atoms with Gasteiger partial charge in [-0.25, -0.2) is 9.97 Å². The smallest absolute Gasteiger partial charge is 0.158 e. The minimum Gasteiger partial charge on any atom is -0.366 e. The Kier molecular flexibility index (Phi) is 4.78. The molecule has 3 aromatic rings. The van der Waals surface area contributed by atoms with E-state index in [1.807, 2.05) is 29.0 Å². The highest BCUT2D eigenvalue weighted by molar-refractivity contribution is 6.31. The summed E-state index contributed by atoms with van der Waals surface area (Å²) in [5.41, 5.74) is 7.32. The van der Waals surface area contributed by atoms with Crippen LogP contribution in [0.2, 0.25) is 5.02 Å². The van der Waals surface area contributed by atoms with Gasteiger partial charge >= 0.3 is 0 Å². The molecule has 1 aliphatic heterocycles. The number of nitrogens with zero attached hydrogens (tertiary/aromatic N) is 4. The van der Waals surface area contributed by atoms with Gasteiger partial charge in [-0.1, -0.05) is 11.6 Å². The van der Waals surface area contributed by atoms with Gasteiger partial charge in [-0.15, -0.1) is 0 Å². The Morgan fingerprint density at radius 2 is 2.23 bits per heavy atom. The molecule has 1 saturated heterocycles. The van der Waals surface area contributed by atoms with E-state index in [9.17, 15) is 5.11 Å². The summed E-state index contributed by atoms with van der Waals surface area (Å²) in [5.74, 6) is 0.876. The van der Waals surface area contributed by atoms with E-state index in [4.69, 9.17) is 22.3 Å². The molecule has 2 aromatic heterocycles. The number of fused-ring (bicyclic) bond motifs is 1. The summed E-state index contributed by atoms with van der Waals surface area (Å²) in [5, 5.41) is 14.1. The predicted molar refractivity (Wildman–Crippen MR) is 102 cm³/mol. The number of benzene rings is 1. The fraction of sp³-hybridized carbons (Fsp3) is 0.333. The number of piperidine rings is 1. The lowest BCUT2D eigenvalue weighted by atomic mass is 10.1. The molecule has 1 fully saturated rings. The molecule has 1 aromatic carbocycles. The minimum atomic E-state index is -1.01. The first-order valence-electron chi connectivity index (χ1n) is 8.63. The molecule has 26 heavy (non-hydrogen) atoms. The topological polar surface area (TPSA) is 92.2 Å². The minimum absolute atomic E-state index is 0.123. The van der Waals surface area contributed by atoms with Crippen molar-refractivity contribution in [1.82, 2.24) is 19.9 Å². The van der Waals surface area contributed by atoms with Gasteiger partial charge in [-0.05, 0) is 31.0 Å². The molecule has 136 valence electrons. The van der Waals surface area contributed by atoms with E-state index in [0.29, 0.717) is 5.02 Å². The van der Waals surface area contributed by atoms with Gasteiger partial charge in [0.1, 0.15) is 5.82 Å². The van der Waals surface area contributed by atoms with Gasteiger partial charge in [0.2, 0.25) is 0 Å². The highest BCUT2D eigenvalue weighted by Gasteiger charge is 2.23. The van der Waals surface area contributed by atoms with Crippen molar-refractivity contribution in [2.45, 2.75) is 25.2 Å². The first-order valence-corrected chi connectivity index (χ1v) is 9.01. The average Bonchev–Trinajstić information content (AvgIpc) is 3.14. The van der Waals surface area contributed by atoms with Gasteiger partial charge in [0.05, 0.1) is 17.5 Å². The zero-order valence-electron chi connectivity index (χ0n) is 14.2. The molecule has 4 rings (SSSR count). The van der Waals surface area contributed by atoms with Gasteiger partial charge in [0.15, 0.2) is 6.35 Å². The first-order chi connectivity index (χ1) is 12.6. The van der Waals surface area contributed by atoms with Crippen LogP contribution in [0.15, 0.2) is 43.0 Å². The summed E-state index contributed by atoms with van der Waals surface area (Å²) < 4.78 is 1.98. The summed E-state index contributed by atoms with van der Waals surface area (Å²) in [7, 11) is 0. The maximum atomic E-state index is 9.41. The Labute approximate surface area is 156 Å². The second kappa shape index (κ2) is 7.20. The molecule has 0 aliphatic carbocycles. The van der Waals surface area contributed by atoms with E-state index in [1.54, 1.807) is 12.5 Å². The molecule has 2 unspecified atom stereocenters. The van der Waals surface area contributed by atoms with Crippen molar-refractivity contribution in [3.63, 3.8) is 0 Å².